The van der Waals surface area contributed by atoms with Gasteiger partial charge in [-0.3, -0.25) is 0 Å². The van der Waals surface area contributed by atoms with Crippen molar-refractivity contribution in [2.75, 3.05) is 0 Å². The van der Waals surface area contributed by atoms with Crippen molar-refractivity contribution >= 4 is 22.4 Å². The number of hydrogen-bond acceptors (Lipinski definition) is 4. The van der Waals surface area contributed by atoms with E-state index in [2.05, 4.69) is 15.0 Å². The summed E-state index contributed by atoms with van der Waals surface area (Å²) in [6.45, 7) is 2.33. The summed E-state index contributed by atoms with van der Waals surface area (Å²) in [5, 5.41) is 0.870. The standard InChI is InChI=1S/C12H11FN4S/c1-6-11(18-10(5-14)15-6)12-16-8-3-2-7(13)4-9(8)17-12/h2-4H,5,14H2,1H3,(H,16,17). The number of thiazole rings is 1. The van der Waals surface area contributed by atoms with Gasteiger partial charge in [0.25, 0.3) is 0 Å². The van der Waals surface area contributed by atoms with Crippen molar-refractivity contribution in [3.8, 4) is 10.7 Å². The molecule has 0 fully saturated rings. The Kier molecular flexibility index (Phi) is 2.61. The average molecular weight is 262 g/mol. The predicted molar refractivity (Wildman–Crippen MR) is 69.8 cm³/mol. The zero-order valence-electron chi connectivity index (χ0n) is 9.70. The molecule has 0 amide bonds. The Morgan fingerprint density at radius 2 is 2.22 bits per heavy atom. The second kappa shape index (κ2) is 4.15. The van der Waals surface area contributed by atoms with Crippen LogP contribution in [0.3, 0.4) is 0 Å². The molecule has 0 spiro atoms. The van der Waals surface area contributed by atoms with Crippen molar-refractivity contribution in [3.05, 3.63) is 34.7 Å². The van der Waals surface area contributed by atoms with Crippen molar-refractivity contribution in [2.24, 2.45) is 5.73 Å². The minimum atomic E-state index is -0.277. The normalized spacial score (nSPS) is 11.3. The zero-order valence-corrected chi connectivity index (χ0v) is 10.5. The summed E-state index contributed by atoms with van der Waals surface area (Å²) in [5.74, 6) is 0.437. The summed E-state index contributed by atoms with van der Waals surface area (Å²) in [7, 11) is 0. The van der Waals surface area contributed by atoms with Gasteiger partial charge in [0, 0.05) is 6.54 Å². The van der Waals surface area contributed by atoms with Gasteiger partial charge in [-0.05, 0) is 25.1 Å². The highest BCUT2D eigenvalue weighted by Gasteiger charge is 2.13. The van der Waals surface area contributed by atoms with Crippen molar-refractivity contribution in [1.29, 1.82) is 0 Å². The lowest BCUT2D eigenvalue weighted by Gasteiger charge is -1.90. The van der Waals surface area contributed by atoms with E-state index in [0.29, 0.717) is 17.9 Å². The summed E-state index contributed by atoms with van der Waals surface area (Å²) in [4.78, 5) is 12.9. The third kappa shape index (κ3) is 1.79. The Morgan fingerprint density at radius 3 is 2.94 bits per heavy atom. The van der Waals surface area contributed by atoms with Gasteiger partial charge in [0.15, 0.2) is 5.82 Å². The number of H-pyrrole nitrogens is 1. The quantitative estimate of drug-likeness (QED) is 0.746. The van der Waals surface area contributed by atoms with Gasteiger partial charge in [-0.2, -0.15) is 0 Å². The zero-order chi connectivity index (χ0) is 12.7. The lowest BCUT2D eigenvalue weighted by molar-refractivity contribution is 0.629. The summed E-state index contributed by atoms with van der Waals surface area (Å²) in [6.07, 6.45) is 0. The van der Waals surface area contributed by atoms with Crippen LogP contribution in [-0.2, 0) is 6.54 Å². The van der Waals surface area contributed by atoms with Crippen LogP contribution in [0, 0.1) is 12.7 Å². The largest absolute Gasteiger partial charge is 0.337 e. The number of fused-ring (bicyclic) bond motifs is 1. The van der Waals surface area contributed by atoms with Gasteiger partial charge in [-0.15, -0.1) is 11.3 Å². The molecule has 2 heterocycles. The van der Waals surface area contributed by atoms with Crippen LogP contribution in [0.4, 0.5) is 4.39 Å². The number of nitrogens with zero attached hydrogens (tertiary/aromatic N) is 2. The molecule has 2 aromatic heterocycles. The molecule has 4 nitrogen and oxygen atoms in total. The van der Waals surface area contributed by atoms with Gasteiger partial charge in [-0.1, -0.05) is 0 Å². The number of aromatic amines is 1. The third-order valence-electron chi connectivity index (χ3n) is 2.67. The lowest BCUT2D eigenvalue weighted by atomic mass is 10.3. The van der Waals surface area contributed by atoms with Gasteiger partial charge in [-0.25, -0.2) is 14.4 Å². The van der Waals surface area contributed by atoms with E-state index in [4.69, 9.17) is 5.73 Å². The number of benzene rings is 1. The van der Waals surface area contributed by atoms with E-state index in [1.165, 1.54) is 23.5 Å². The highest BCUT2D eigenvalue weighted by Crippen LogP contribution is 2.29. The Balaban J connectivity index is 2.15. The molecule has 0 aliphatic carbocycles. The van der Waals surface area contributed by atoms with Crippen LogP contribution in [0.2, 0.25) is 0 Å². The van der Waals surface area contributed by atoms with Crippen LogP contribution < -0.4 is 5.73 Å². The van der Waals surface area contributed by atoms with Gasteiger partial charge >= 0.3 is 0 Å². The highest BCUT2D eigenvalue weighted by atomic mass is 32.1. The molecule has 0 bridgehead atoms. The van der Waals surface area contributed by atoms with Gasteiger partial charge < -0.3 is 10.7 Å². The Bertz CT molecular complexity index is 716. The number of aromatic nitrogens is 3. The summed E-state index contributed by atoms with van der Waals surface area (Å²) in [6, 6.07) is 4.49. The summed E-state index contributed by atoms with van der Waals surface area (Å²) < 4.78 is 13.1. The maximum absolute atomic E-state index is 13.1. The van der Waals surface area contributed by atoms with E-state index < -0.39 is 0 Å². The molecule has 0 saturated carbocycles. The Labute approximate surface area is 107 Å². The van der Waals surface area contributed by atoms with Gasteiger partial charge in [0.2, 0.25) is 0 Å². The van der Waals surface area contributed by atoms with Gasteiger partial charge in [0.05, 0.1) is 21.6 Å². The van der Waals surface area contributed by atoms with Crippen LogP contribution in [0.1, 0.15) is 10.7 Å². The fraction of sp³-hybridized carbons (Fsp3) is 0.167. The molecule has 92 valence electrons. The summed E-state index contributed by atoms with van der Waals surface area (Å²) >= 11 is 1.51. The monoisotopic (exact) mass is 262 g/mol. The molecule has 0 saturated heterocycles. The van der Waals surface area contributed by atoms with E-state index in [9.17, 15) is 4.39 Å². The lowest BCUT2D eigenvalue weighted by Crippen LogP contribution is -1.94. The molecule has 3 aromatic rings. The maximum Gasteiger partial charge on any atom is 0.150 e. The molecule has 0 aliphatic rings. The number of rotatable bonds is 2. The maximum atomic E-state index is 13.1. The third-order valence-corrected chi connectivity index (χ3v) is 3.86. The average Bonchev–Trinajstić information content (AvgIpc) is 2.91. The Morgan fingerprint density at radius 1 is 1.39 bits per heavy atom. The SMILES string of the molecule is Cc1nc(CN)sc1-c1nc2ccc(F)cc2[nH]1. The molecule has 3 rings (SSSR count). The van der Waals surface area contributed by atoms with E-state index in [0.717, 1.165) is 21.1 Å². The fourth-order valence-electron chi connectivity index (χ4n) is 1.85. The first-order chi connectivity index (χ1) is 8.67. The number of nitrogens with one attached hydrogen (secondary N) is 1. The van der Waals surface area contributed by atoms with E-state index in [-0.39, 0.29) is 5.82 Å². The molecule has 1 aromatic carbocycles. The molecule has 0 atom stereocenters. The van der Waals surface area contributed by atoms with Crippen LogP contribution in [0.15, 0.2) is 18.2 Å². The number of halogens is 1. The second-order valence-electron chi connectivity index (χ2n) is 3.97. The van der Waals surface area contributed by atoms with Crippen LogP contribution in [0.5, 0.6) is 0 Å². The highest BCUT2D eigenvalue weighted by molar-refractivity contribution is 7.15. The molecule has 0 aliphatic heterocycles. The molecule has 0 radical (unpaired) electrons. The minimum absolute atomic E-state index is 0.277. The number of nitrogens with two attached hydrogens (primary N) is 1. The molecular weight excluding hydrogens is 251 g/mol. The number of aryl methyl sites for hydroxylation is 1. The molecule has 6 heteroatoms. The first kappa shape index (κ1) is 11.3. The predicted octanol–water partition coefficient (Wildman–Crippen LogP) is 2.59. The smallest absolute Gasteiger partial charge is 0.150 e. The second-order valence-corrected chi connectivity index (χ2v) is 5.06. The number of imidazole rings is 1. The molecule has 3 N–H and O–H groups in total. The van der Waals surface area contributed by atoms with Crippen LogP contribution in [-0.4, -0.2) is 15.0 Å². The van der Waals surface area contributed by atoms with Crippen molar-refractivity contribution in [3.63, 3.8) is 0 Å². The molecular formula is C12H11FN4S. The first-order valence-corrected chi connectivity index (χ1v) is 6.31. The minimum Gasteiger partial charge on any atom is -0.337 e. The van der Waals surface area contributed by atoms with Crippen molar-refractivity contribution in [1.82, 2.24) is 15.0 Å². The number of hydrogen-bond donors (Lipinski definition) is 2. The van der Waals surface area contributed by atoms with Crippen LogP contribution in [0.25, 0.3) is 21.7 Å². The fourth-order valence-corrected chi connectivity index (χ4v) is 2.74. The summed E-state index contributed by atoms with van der Waals surface area (Å²) in [5.41, 5.74) is 7.89. The van der Waals surface area contributed by atoms with Crippen molar-refractivity contribution < 1.29 is 4.39 Å². The van der Waals surface area contributed by atoms with Crippen molar-refractivity contribution in [2.45, 2.75) is 13.5 Å². The van der Waals surface area contributed by atoms with E-state index in [1.807, 2.05) is 6.92 Å². The topological polar surface area (TPSA) is 67.6 Å². The first-order valence-electron chi connectivity index (χ1n) is 5.49. The molecule has 18 heavy (non-hydrogen) atoms. The van der Waals surface area contributed by atoms with Gasteiger partial charge in [0.1, 0.15) is 10.8 Å². The molecule has 0 unspecified atom stereocenters. The van der Waals surface area contributed by atoms with E-state index >= 15 is 0 Å². The van der Waals surface area contributed by atoms with Crippen LogP contribution >= 0.6 is 11.3 Å². The Hall–Kier alpha value is -1.79. The van der Waals surface area contributed by atoms with E-state index in [1.54, 1.807) is 6.07 Å².